The molecule has 6 nitrogen and oxygen atoms in total. The summed E-state index contributed by atoms with van der Waals surface area (Å²) in [5.74, 6) is 0.506. The number of thiazole rings is 1. The summed E-state index contributed by atoms with van der Waals surface area (Å²) in [5, 5.41) is 12.1. The third-order valence-electron chi connectivity index (χ3n) is 4.54. The average Bonchev–Trinajstić information content (AvgIpc) is 3.08. The number of nitrogens with zero attached hydrogens (tertiary/aromatic N) is 4. The van der Waals surface area contributed by atoms with Gasteiger partial charge in [-0.15, -0.1) is 11.3 Å². The molecule has 2 aromatic heterocycles. The summed E-state index contributed by atoms with van der Waals surface area (Å²) < 4.78 is 2.50. The first-order chi connectivity index (χ1) is 11.6. The molecular formula is C17H20N4O2S. The van der Waals surface area contributed by atoms with Crippen LogP contribution in [-0.4, -0.2) is 14.1 Å². The number of nitriles is 1. The molecule has 0 atom stereocenters. The van der Waals surface area contributed by atoms with Crippen molar-refractivity contribution in [2.24, 2.45) is 0 Å². The number of hydrogen-bond acceptors (Lipinski definition) is 5. The van der Waals surface area contributed by atoms with Gasteiger partial charge < -0.3 is 0 Å². The zero-order valence-electron chi connectivity index (χ0n) is 13.7. The molecule has 126 valence electrons. The molecule has 1 fully saturated rings. The summed E-state index contributed by atoms with van der Waals surface area (Å²) in [4.78, 5) is 29.3. The van der Waals surface area contributed by atoms with Gasteiger partial charge in [0.25, 0.3) is 5.56 Å². The lowest BCUT2D eigenvalue weighted by atomic mass is 9.90. The van der Waals surface area contributed by atoms with Gasteiger partial charge in [0.1, 0.15) is 11.6 Å². The smallest absolute Gasteiger partial charge is 0.299 e. The molecule has 1 aliphatic rings. The van der Waals surface area contributed by atoms with E-state index in [1.807, 2.05) is 11.4 Å². The highest BCUT2D eigenvalue weighted by Crippen LogP contribution is 2.34. The standard InChI is InChI=1S/C17H20N4O2S/c1-2-20-9-13(8-18)16(22)21(17(20)23)10-14-11-24-15(19-14)12-6-4-3-5-7-12/h9,11-12H,2-7,10H2,1H3. The SMILES string of the molecule is CCn1cc(C#N)c(=O)n(Cc2csc(C3CCCCC3)n2)c1=O. The molecule has 0 bridgehead atoms. The summed E-state index contributed by atoms with van der Waals surface area (Å²) in [6.07, 6.45) is 7.44. The molecule has 0 spiro atoms. The second-order valence-electron chi connectivity index (χ2n) is 6.13. The Morgan fingerprint density at radius 2 is 2.08 bits per heavy atom. The molecule has 7 heteroatoms. The first-order valence-corrected chi connectivity index (χ1v) is 9.20. The molecule has 0 N–H and O–H groups in total. The van der Waals surface area contributed by atoms with E-state index in [9.17, 15) is 9.59 Å². The fraction of sp³-hybridized carbons (Fsp3) is 0.529. The Kier molecular flexibility index (Phi) is 4.95. The largest absolute Gasteiger partial charge is 0.331 e. The van der Waals surface area contributed by atoms with E-state index in [-0.39, 0.29) is 12.1 Å². The lowest BCUT2D eigenvalue weighted by Crippen LogP contribution is -2.41. The molecule has 1 saturated carbocycles. The maximum atomic E-state index is 12.4. The Bertz CT molecular complexity index is 881. The van der Waals surface area contributed by atoms with E-state index < -0.39 is 11.2 Å². The molecule has 0 saturated heterocycles. The quantitative estimate of drug-likeness (QED) is 0.853. The van der Waals surface area contributed by atoms with E-state index in [4.69, 9.17) is 5.26 Å². The summed E-state index contributed by atoms with van der Waals surface area (Å²) in [6, 6.07) is 1.87. The second kappa shape index (κ2) is 7.14. The van der Waals surface area contributed by atoms with Crippen molar-refractivity contribution in [2.75, 3.05) is 0 Å². The van der Waals surface area contributed by atoms with Gasteiger partial charge in [0.2, 0.25) is 0 Å². The number of aryl methyl sites for hydroxylation is 1. The van der Waals surface area contributed by atoms with Crippen LogP contribution in [0.3, 0.4) is 0 Å². The highest BCUT2D eigenvalue weighted by atomic mass is 32.1. The van der Waals surface area contributed by atoms with Crippen molar-refractivity contribution in [2.45, 2.75) is 58.0 Å². The molecule has 1 aliphatic carbocycles. The zero-order valence-corrected chi connectivity index (χ0v) is 14.5. The van der Waals surface area contributed by atoms with Crippen molar-refractivity contribution in [1.29, 1.82) is 5.26 Å². The minimum Gasteiger partial charge on any atom is -0.299 e. The van der Waals surface area contributed by atoms with Crippen molar-refractivity contribution in [1.82, 2.24) is 14.1 Å². The number of aromatic nitrogens is 3. The van der Waals surface area contributed by atoms with Crippen LogP contribution in [0.15, 0.2) is 21.2 Å². The van der Waals surface area contributed by atoms with Gasteiger partial charge in [-0.1, -0.05) is 19.3 Å². The number of rotatable bonds is 4. The minimum absolute atomic E-state index is 0.0146. The molecule has 0 unspecified atom stereocenters. The van der Waals surface area contributed by atoms with Crippen LogP contribution in [0.2, 0.25) is 0 Å². The van der Waals surface area contributed by atoms with Crippen LogP contribution in [0.4, 0.5) is 0 Å². The van der Waals surface area contributed by atoms with Crippen LogP contribution in [0.25, 0.3) is 0 Å². The zero-order chi connectivity index (χ0) is 17.1. The predicted molar refractivity (Wildman–Crippen MR) is 92.4 cm³/mol. The first-order valence-electron chi connectivity index (χ1n) is 8.32. The van der Waals surface area contributed by atoms with Crippen molar-refractivity contribution in [3.63, 3.8) is 0 Å². The summed E-state index contributed by atoms with van der Waals surface area (Å²) in [6.45, 7) is 2.34. The Labute approximate surface area is 144 Å². The van der Waals surface area contributed by atoms with Crippen LogP contribution in [0, 0.1) is 11.3 Å². The van der Waals surface area contributed by atoms with Crippen molar-refractivity contribution in [3.05, 3.63) is 48.7 Å². The van der Waals surface area contributed by atoms with E-state index in [0.717, 1.165) is 15.3 Å². The number of hydrogen-bond donors (Lipinski definition) is 0. The Morgan fingerprint density at radius 3 is 2.75 bits per heavy atom. The fourth-order valence-corrected chi connectivity index (χ4v) is 4.17. The van der Waals surface area contributed by atoms with Gasteiger partial charge in [0.15, 0.2) is 0 Å². The van der Waals surface area contributed by atoms with Crippen LogP contribution in [0.1, 0.15) is 61.2 Å². The molecule has 2 heterocycles. The fourth-order valence-electron chi connectivity index (χ4n) is 3.19. The summed E-state index contributed by atoms with van der Waals surface area (Å²) >= 11 is 1.61. The summed E-state index contributed by atoms with van der Waals surface area (Å²) in [5.41, 5.74) is -0.232. The lowest BCUT2D eigenvalue weighted by Gasteiger charge is -2.18. The van der Waals surface area contributed by atoms with Gasteiger partial charge in [0.05, 0.1) is 17.2 Å². The van der Waals surface area contributed by atoms with Gasteiger partial charge in [-0.05, 0) is 19.8 Å². The second-order valence-corrected chi connectivity index (χ2v) is 7.02. The third kappa shape index (κ3) is 3.20. The lowest BCUT2D eigenvalue weighted by molar-refractivity contribution is 0.441. The van der Waals surface area contributed by atoms with Gasteiger partial charge in [-0.3, -0.25) is 13.9 Å². The minimum atomic E-state index is -0.542. The van der Waals surface area contributed by atoms with Gasteiger partial charge in [0, 0.05) is 24.0 Å². The molecule has 0 radical (unpaired) electrons. The van der Waals surface area contributed by atoms with Crippen LogP contribution < -0.4 is 11.2 Å². The Morgan fingerprint density at radius 1 is 1.33 bits per heavy atom. The van der Waals surface area contributed by atoms with E-state index >= 15 is 0 Å². The van der Waals surface area contributed by atoms with Gasteiger partial charge in [-0.25, -0.2) is 9.78 Å². The van der Waals surface area contributed by atoms with Gasteiger partial charge in [-0.2, -0.15) is 5.26 Å². The molecule has 2 aromatic rings. The molecular weight excluding hydrogens is 324 g/mol. The van der Waals surface area contributed by atoms with Crippen LogP contribution >= 0.6 is 11.3 Å². The van der Waals surface area contributed by atoms with Crippen molar-refractivity contribution < 1.29 is 0 Å². The van der Waals surface area contributed by atoms with E-state index in [0.29, 0.717) is 12.5 Å². The van der Waals surface area contributed by atoms with E-state index in [1.54, 1.807) is 18.3 Å². The normalized spacial score (nSPS) is 15.3. The Balaban J connectivity index is 1.92. The Hall–Kier alpha value is -2.20. The van der Waals surface area contributed by atoms with Crippen LogP contribution in [-0.2, 0) is 13.1 Å². The molecule has 0 aromatic carbocycles. The average molecular weight is 344 g/mol. The van der Waals surface area contributed by atoms with Crippen molar-refractivity contribution >= 4 is 11.3 Å². The monoisotopic (exact) mass is 344 g/mol. The van der Waals surface area contributed by atoms with Crippen LogP contribution in [0.5, 0.6) is 0 Å². The van der Waals surface area contributed by atoms with Gasteiger partial charge >= 0.3 is 5.69 Å². The molecule has 24 heavy (non-hydrogen) atoms. The molecule has 0 amide bonds. The van der Waals surface area contributed by atoms with E-state index in [1.165, 1.54) is 42.9 Å². The predicted octanol–water partition coefficient (Wildman–Crippen LogP) is 2.45. The molecule has 3 rings (SSSR count). The summed E-state index contributed by atoms with van der Waals surface area (Å²) in [7, 11) is 0. The highest BCUT2D eigenvalue weighted by molar-refractivity contribution is 7.09. The van der Waals surface area contributed by atoms with E-state index in [2.05, 4.69) is 4.98 Å². The highest BCUT2D eigenvalue weighted by Gasteiger charge is 2.19. The maximum absolute atomic E-state index is 12.4. The topological polar surface area (TPSA) is 80.7 Å². The first kappa shape index (κ1) is 16.7. The third-order valence-corrected chi connectivity index (χ3v) is 5.60. The maximum Gasteiger partial charge on any atom is 0.331 e. The van der Waals surface area contributed by atoms with Crippen molar-refractivity contribution in [3.8, 4) is 6.07 Å². The molecule has 0 aliphatic heterocycles.